The van der Waals surface area contributed by atoms with Crippen molar-refractivity contribution in [1.29, 1.82) is 0 Å². The van der Waals surface area contributed by atoms with Crippen LogP contribution in [0, 0.1) is 0 Å². The fraction of sp³-hybridized carbons (Fsp3) is 0.455. The highest BCUT2D eigenvalue weighted by Crippen LogP contribution is 2.38. The summed E-state index contributed by atoms with van der Waals surface area (Å²) < 4.78 is 11.2. The molecule has 0 radical (unpaired) electrons. The first-order valence-electron chi connectivity index (χ1n) is 9.36. The minimum atomic E-state index is -0.990. The van der Waals surface area contributed by atoms with Crippen molar-refractivity contribution in [2.24, 2.45) is 5.73 Å². The molecule has 1 aliphatic rings. The highest BCUT2D eigenvalue weighted by Gasteiger charge is 2.34. The van der Waals surface area contributed by atoms with Crippen LogP contribution in [-0.4, -0.2) is 24.0 Å². The van der Waals surface area contributed by atoms with Gasteiger partial charge in [-0.15, -0.1) is 0 Å². The average Bonchev–Trinajstić information content (AvgIpc) is 3.00. The van der Waals surface area contributed by atoms with Gasteiger partial charge in [0.2, 0.25) is 0 Å². The number of benzene rings is 2. The van der Waals surface area contributed by atoms with Gasteiger partial charge in [-0.2, -0.15) is 0 Å². The van der Waals surface area contributed by atoms with E-state index in [0.717, 1.165) is 30.8 Å². The highest BCUT2D eigenvalue weighted by atomic mass is 16.5. The summed E-state index contributed by atoms with van der Waals surface area (Å²) in [6, 6.07) is 16.4. The van der Waals surface area contributed by atoms with Crippen molar-refractivity contribution >= 4 is 0 Å². The standard InChI is InChI=1S/C22H29NO3/c1-16(26-21-5-3-4-20(14-21)25-2)6-7-17-8-10-18(11-9-17)19-12-13-22(23,24)15-19/h3-5,8-11,14,16,19,24H,6-7,12-13,15,23H2,1-2H3/t16-,19+,22-/m0/s1. The van der Waals surface area contributed by atoms with Crippen LogP contribution in [0.4, 0.5) is 0 Å². The zero-order chi connectivity index (χ0) is 18.6. The Hall–Kier alpha value is -2.04. The molecule has 1 aliphatic carbocycles. The number of nitrogens with two attached hydrogens (primary N) is 1. The van der Waals surface area contributed by atoms with Gasteiger partial charge >= 0.3 is 0 Å². The molecule has 0 aromatic heterocycles. The van der Waals surface area contributed by atoms with E-state index in [0.29, 0.717) is 18.8 Å². The van der Waals surface area contributed by atoms with E-state index in [-0.39, 0.29) is 6.10 Å². The molecule has 4 heteroatoms. The molecule has 26 heavy (non-hydrogen) atoms. The number of hydrogen-bond acceptors (Lipinski definition) is 4. The van der Waals surface area contributed by atoms with Crippen LogP contribution >= 0.6 is 0 Å². The zero-order valence-electron chi connectivity index (χ0n) is 15.7. The minimum Gasteiger partial charge on any atom is -0.497 e. The summed E-state index contributed by atoms with van der Waals surface area (Å²) in [5.74, 6) is 2.01. The van der Waals surface area contributed by atoms with Crippen molar-refractivity contribution in [1.82, 2.24) is 0 Å². The van der Waals surface area contributed by atoms with E-state index >= 15 is 0 Å². The van der Waals surface area contributed by atoms with Crippen LogP contribution < -0.4 is 15.2 Å². The maximum atomic E-state index is 9.94. The predicted octanol–water partition coefficient (Wildman–Crippen LogP) is 4.01. The van der Waals surface area contributed by atoms with Gasteiger partial charge in [-0.05, 0) is 68.2 Å². The van der Waals surface area contributed by atoms with E-state index in [1.165, 1.54) is 11.1 Å². The fourth-order valence-corrected chi connectivity index (χ4v) is 3.63. The van der Waals surface area contributed by atoms with E-state index < -0.39 is 5.72 Å². The molecule has 3 rings (SSSR count). The first kappa shape index (κ1) is 18.7. The van der Waals surface area contributed by atoms with Crippen molar-refractivity contribution in [2.75, 3.05) is 7.11 Å². The second-order valence-electron chi connectivity index (χ2n) is 7.43. The van der Waals surface area contributed by atoms with Crippen LogP contribution in [0.25, 0.3) is 0 Å². The third-order valence-corrected chi connectivity index (χ3v) is 5.19. The summed E-state index contributed by atoms with van der Waals surface area (Å²) in [6.07, 6.45) is 4.33. The first-order valence-corrected chi connectivity index (χ1v) is 9.36. The van der Waals surface area contributed by atoms with Gasteiger partial charge in [-0.1, -0.05) is 30.3 Å². The molecule has 0 amide bonds. The highest BCUT2D eigenvalue weighted by molar-refractivity contribution is 5.33. The molecular formula is C22H29NO3. The second kappa shape index (κ2) is 8.11. The van der Waals surface area contributed by atoms with Crippen LogP contribution in [-0.2, 0) is 6.42 Å². The van der Waals surface area contributed by atoms with Crippen LogP contribution in [0.5, 0.6) is 11.5 Å². The SMILES string of the molecule is COc1cccc(O[C@@H](C)CCc2ccc([C@@H]3CC[C@](N)(O)C3)cc2)c1. The largest absolute Gasteiger partial charge is 0.497 e. The molecule has 1 saturated carbocycles. The Balaban J connectivity index is 1.50. The Morgan fingerprint density at radius 1 is 1.19 bits per heavy atom. The number of hydrogen-bond donors (Lipinski definition) is 2. The molecule has 3 atom stereocenters. The number of aliphatic hydroxyl groups is 1. The Labute approximate surface area is 155 Å². The topological polar surface area (TPSA) is 64.7 Å². The smallest absolute Gasteiger partial charge is 0.123 e. The normalized spacial score (nSPS) is 23.6. The fourth-order valence-electron chi connectivity index (χ4n) is 3.63. The van der Waals surface area contributed by atoms with E-state index in [1.54, 1.807) is 7.11 Å². The van der Waals surface area contributed by atoms with E-state index in [9.17, 15) is 5.11 Å². The summed E-state index contributed by atoms with van der Waals surface area (Å²) in [5, 5.41) is 9.94. The molecule has 0 bridgehead atoms. The van der Waals surface area contributed by atoms with Gasteiger partial charge in [0, 0.05) is 6.07 Å². The Morgan fingerprint density at radius 3 is 2.58 bits per heavy atom. The number of aryl methyl sites for hydroxylation is 1. The molecule has 2 aromatic carbocycles. The van der Waals surface area contributed by atoms with Crippen molar-refractivity contribution in [3.63, 3.8) is 0 Å². The van der Waals surface area contributed by atoms with Gasteiger partial charge < -0.3 is 20.3 Å². The molecule has 4 nitrogen and oxygen atoms in total. The van der Waals surface area contributed by atoms with Gasteiger partial charge in [0.05, 0.1) is 13.2 Å². The lowest BCUT2D eigenvalue weighted by Gasteiger charge is -2.17. The molecule has 3 N–H and O–H groups in total. The number of rotatable bonds is 7. The molecule has 0 spiro atoms. The minimum absolute atomic E-state index is 0.129. The lowest BCUT2D eigenvalue weighted by atomic mass is 9.95. The van der Waals surface area contributed by atoms with E-state index in [4.69, 9.17) is 15.2 Å². The van der Waals surface area contributed by atoms with E-state index in [1.807, 2.05) is 24.3 Å². The average molecular weight is 355 g/mol. The Kier molecular flexibility index (Phi) is 5.84. The van der Waals surface area contributed by atoms with Gasteiger partial charge in [0.25, 0.3) is 0 Å². The van der Waals surface area contributed by atoms with Crippen molar-refractivity contribution in [3.05, 3.63) is 59.7 Å². The van der Waals surface area contributed by atoms with E-state index in [2.05, 4.69) is 31.2 Å². The van der Waals surface area contributed by atoms with Crippen molar-refractivity contribution < 1.29 is 14.6 Å². The summed E-state index contributed by atoms with van der Waals surface area (Å²) >= 11 is 0. The Morgan fingerprint density at radius 2 is 1.92 bits per heavy atom. The van der Waals surface area contributed by atoms with Crippen molar-refractivity contribution in [3.8, 4) is 11.5 Å². The maximum Gasteiger partial charge on any atom is 0.123 e. The van der Waals surface area contributed by atoms with Crippen molar-refractivity contribution in [2.45, 2.75) is 56.8 Å². The van der Waals surface area contributed by atoms with Crippen LogP contribution in [0.1, 0.15) is 49.7 Å². The van der Waals surface area contributed by atoms with Gasteiger partial charge in [-0.25, -0.2) is 0 Å². The first-order chi connectivity index (χ1) is 12.4. The number of ether oxygens (including phenoxy) is 2. The lowest BCUT2D eigenvalue weighted by molar-refractivity contribution is 0.0533. The molecular weight excluding hydrogens is 326 g/mol. The van der Waals surface area contributed by atoms with Crippen LogP contribution in [0.3, 0.4) is 0 Å². The van der Waals surface area contributed by atoms with Crippen LogP contribution in [0.2, 0.25) is 0 Å². The maximum absolute atomic E-state index is 9.94. The monoisotopic (exact) mass is 355 g/mol. The zero-order valence-corrected chi connectivity index (χ0v) is 15.7. The second-order valence-corrected chi connectivity index (χ2v) is 7.43. The quantitative estimate of drug-likeness (QED) is 0.737. The lowest BCUT2D eigenvalue weighted by Crippen LogP contribution is -2.35. The molecule has 0 saturated heterocycles. The van der Waals surface area contributed by atoms with Gasteiger partial charge in [0.1, 0.15) is 17.2 Å². The Bertz CT molecular complexity index is 712. The molecule has 140 valence electrons. The molecule has 0 heterocycles. The third kappa shape index (κ3) is 4.99. The molecule has 1 fully saturated rings. The number of methoxy groups -OCH3 is 1. The molecule has 0 unspecified atom stereocenters. The summed E-state index contributed by atoms with van der Waals surface area (Å²) in [4.78, 5) is 0. The van der Waals surface area contributed by atoms with Gasteiger partial charge in [0.15, 0.2) is 0 Å². The van der Waals surface area contributed by atoms with Crippen LogP contribution in [0.15, 0.2) is 48.5 Å². The molecule has 0 aliphatic heterocycles. The summed E-state index contributed by atoms with van der Waals surface area (Å²) in [7, 11) is 1.66. The predicted molar refractivity (Wildman–Crippen MR) is 104 cm³/mol. The summed E-state index contributed by atoms with van der Waals surface area (Å²) in [5.41, 5.74) is 7.42. The summed E-state index contributed by atoms with van der Waals surface area (Å²) in [6.45, 7) is 2.09. The van der Waals surface area contributed by atoms with Gasteiger partial charge in [-0.3, -0.25) is 0 Å². The molecule has 2 aromatic rings. The third-order valence-electron chi connectivity index (χ3n) is 5.19.